The Hall–Kier alpha value is -1.91. The van der Waals surface area contributed by atoms with Gasteiger partial charge in [-0.2, -0.15) is 0 Å². The monoisotopic (exact) mass is 278 g/mol. The summed E-state index contributed by atoms with van der Waals surface area (Å²) in [5.74, 6) is -0.529. The summed E-state index contributed by atoms with van der Waals surface area (Å²) >= 11 is 0. The number of carbonyl (C=O) groups is 2. The Kier molecular flexibility index (Phi) is 4.06. The zero-order valence-electron chi connectivity index (χ0n) is 11.9. The van der Waals surface area contributed by atoms with Crippen LogP contribution in [0.3, 0.4) is 0 Å². The lowest BCUT2D eigenvalue weighted by molar-refractivity contribution is -0.151. The molecule has 2 amide bonds. The van der Waals surface area contributed by atoms with Crippen molar-refractivity contribution in [3.8, 4) is 0 Å². The summed E-state index contributed by atoms with van der Waals surface area (Å²) in [5.41, 5.74) is 0.812. The number of amides is 2. The molecule has 2 unspecified atom stereocenters. The zero-order valence-corrected chi connectivity index (χ0v) is 11.9. The lowest BCUT2D eigenvalue weighted by Crippen LogP contribution is -2.63. The van der Waals surface area contributed by atoms with Crippen LogP contribution < -0.4 is 5.32 Å². The molecule has 108 valence electrons. The maximum absolute atomic E-state index is 12.9. The average Bonchev–Trinajstić information content (AvgIpc) is 2.37. The van der Waals surface area contributed by atoms with E-state index in [4.69, 9.17) is 0 Å². The van der Waals surface area contributed by atoms with E-state index in [1.165, 1.54) is 12.1 Å². The zero-order chi connectivity index (χ0) is 14.9. The lowest BCUT2D eigenvalue weighted by atomic mass is 9.96. The van der Waals surface area contributed by atoms with Gasteiger partial charge in [0.15, 0.2) is 0 Å². The van der Waals surface area contributed by atoms with E-state index < -0.39 is 12.1 Å². The summed E-state index contributed by atoms with van der Waals surface area (Å²) < 4.78 is 12.9. The third-order valence-electron chi connectivity index (χ3n) is 3.51. The maximum atomic E-state index is 12.9. The first-order valence-electron chi connectivity index (χ1n) is 6.75. The summed E-state index contributed by atoms with van der Waals surface area (Å²) in [4.78, 5) is 26.0. The van der Waals surface area contributed by atoms with E-state index in [0.29, 0.717) is 6.54 Å². The Labute approximate surface area is 118 Å². The summed E-state index contributed by atoms with van der Waals surface area (Å²) in [5, 5.41) is 2.70. The summed E-state index contributed by atoms with van der Waals surface area (Å²) in [6.45, 7) is 5.81. The van der Waals surface area contributed by atoms with E-state index in [9.17, 15) is 14.0 Å². The first-order chi connectivity index (χ1) is 9.40. The van der Waals surface area contributed by atoms with Gasteiger partial charge in [0, 0.05) is 6.54 Å². The summed E-state index contributed by atoms with van der Waals surface area (Å²) in [7, 11) is 0. The number of benzene rings is 1. The molecular weight excluding hydrogens is 259 g/mol. The molecule has 20 heavy (non-hydrogen) atoms. The van der Waals surface area contributed by atoms with Gasteiger partial charge in [0.2, 0.25) is 11.8 Å². The molecule has 1 fully saturated rings. The van der Waals surface area contributed by atoms with Crippen molar-refractivity contribution >= 4 is 11.8 Å². The van der Waals surface area contributed by atoms with E-state index >= 15 is 0 Å². The molecule has 1 heterocycles. The molecule has 0 saturated carbocycles. The highest BCUT2D eigenvalue weighted by Crippen LogP contribution is 2.20. The summed E-state index contributed by atoms with van der Waals surface area (Å²) in [6.07, 6.45) is 0. The summed E-state index contributed by atoms with van der Waals surface area (Å²) in [6, 6.07) is 4.99. The standard InChI is InChI=1S/C15H19FN2O2/c1-9(2)13-14(19)17-10(3)15(20)18(13)8-11-4-6-12(16)7-5-11/h4-7,9-10,13H,8H2,1-3H3,(H,17,19). The topological polar surface area (TPSA) is 49.4 Å². The van der Waals surface area contributed by atoms with Crippen LogP contribution in [-0.4, -0.2) is 28.8 Å². The second-order valence-electron chi connectivity index (χ2n) is 5.51. The van der Waals surface area contributed by atoms with Crippen LogP contribution in [0.5, 0.6) is 0 Å². The van der Waals surface area contributed by atoms with Crippen LogP contribution >= 0.6 is 0 Å². The molecule has 2 rings (SSSR count). The predicted octanol–water partition coefficient (Wildman–Crippen LogP) is 1.70. The van der Waals surface area contributed by atoms with Gasteiger partial charge in [0.05, 0.1) is 0 Å². The first-order valence-corrected chi connectivity index (χ1v) is 6.75. The van der Waals surface area contributed by atoms with Crippen LogP contribution in [0.25, 0.3) is 0 Å². The molecule has 1 aromatic rings. The predicted molar refractivity (Wildman–Crippen MR) is 73.2 cm³/mol. The van der Waals surface area contributed by atoms with E-state index in [1.807, 2.05) is 13.8 Å². The van der Waals surface area contributed by atoms with Crippen molar-refractivity contribution in [3.63, 3.8) is 0 Å². The van der Waals surface area contributed by atoms with Gasteiger partial charge in [-0.05, 0) is 30.5 Å². The molecule has 0 bridgehead atoms. The van der Waals surface area contributed by atoms with E-state index in [2.05, 4.69) is 5.32 Å². The lowest BCUT2D eigenvalue weighted by Gasteiger charge is -2.40. The van der Waals surface area contributed by atoms with Crippen molar-refractivity contribution in [1.29, 1.82) is 0 Å². The highest BCUT2D eigenvalue weighted by atomic mass is 19.1. The van der Waals surface area contributed by atoms with Crippen LogP contribution in [0.4, 0.5) is 4.39 Å². The smallest absolute Gasteiger partial charge is 0.245 e. The van der Waals surface area contributed by atoms with Crippen LogP contribution in [0, 0.1) is 11.7 Å². The SMILES string of the molecule is CC1NC(=O)C(C(C)C)N(Cc2ccc(F)cc2)C1=O. The Morgan fingerprint density at radius 1 is 1.25 bits per heavy atom. The molecule has 0 spiro atoms. The number of carbonyl (C=O) groups excluding carboxylic acids is 2. The molecular formula is C15H19FN2O2. The van der Waals surface area contributed by atoms with Crippen molar-refractivity contribution in [2.45, 2.75) is 39.4 Å². The number of rotatable bonds is 3. The molecule has 2 atom stereocenters. The van der Waals surface area contributed by atoms with Gasteiger partial charge in [0.1, 0.15) is 17.9 Å². The minimum atomic E-state index is -0.516. The number of hydrogen-bond acceptors (Lipinski definition) is 2. The molecule has 1 aromatic carbocycles. The van der Waals surface area contributed by atoms with Gasteiger partial charge in [-0.1, -0.05) is 26.0 Å². The molecule has 5 heteroatoms. The van der Waals surface area contributed by atoms with E-state index in [-0.39, 0.29) is 23.5 Å². The number of hydrogen-bond donors (Lipinski definition) is 1. The van der Waals surface area contributed by atoms with Gasteiger partial charge >= 0.3 is 0 Å². The highest BCUT2D eigenvalue weighted by Gasteiger charge is 2.39. The molecule has 1 aliphatic heterocycles. The quantitative estimate of drug-likeness (QED) is 0.915. The van der Waals surface area contributed by atoms with Gasteiger partial charge < -0.3 is 10.2 Å². The molecule has 1 N–H and O–H groups in total. The van der Waals surface area contributed by atoms with Crippen LogP contribution in [0.2, 0.25) is 0 Å². The van der Waals surface area contributed by atoms with Gasteiger partial charge in [-0.15, -0.1) is 0 Å². The Morgan fingerprint density at radius 3 is 2.40 bits per heavy atom. The Balaban J connectivity index is 2.26. The normalized spacial score (nSPS) is 23.1. The number of nitrogens with zero attached hydrogens (tertiary/aromatic N) is 1. The van der Waals surface area contributed by atoms with Crippen LogP contribution in [-0.2, 0) is 16.1 Å². The second kappa shape index (κ2) is 5.61. The first kappa shape index (κ1) is 14.5. The van der Waals surface area contributed by atoms with Gasteiger partial charge in [-0.25, -0.2) is 4.39 Å². The Bertz CT molecular complexity index is 513. The average molecular weight is 278 g/mol. The minimum Gasteiger partial charge on any atom is -0.343 e. The van der Waals surface area contributed by atoms with Crippen LogP contribution in [0.15, 0.2) is 24.3 Å². The fraction of sp³-hybridized carbons (Fsp3) is 0.467. The fourth-order valence-corrected chi connectivity index (χ4v) is 2.51. The molecule has 0 radical (unpaired) electrons. The van der Waals surface area contributed by atoms with E-state index in [1.54, 1.807) is 24.0 Å². The van der Waals surface area contributed by atoms with Crippen molar-refractivity contribution < 1.29 is 14.0 Å². The third kappa shape index (κ3) is 2.81. The number of halogens is 1. The van der Waals surface area contributed by atoms with Crippen molar-refractivity contribution in [2.75, 3.05) is 0 Å². The molecule has 4 nitrogen and oxygen atoms in total. The molecule has 0 aliphatic carbocycles. The van der Waals surface area contributed by atoms with Crippen molar-refractivity contribution in [1.82, 2.24) is 10.2 Å². The fourth-order valence-electron chi connectivity index (χ4n) is 2.51. The third-order valence-corrected chi connectivity index (χ3v) is 3.51. The molecule has 0 aromatic heterocycles. The van der Waals surface area contributed by atoms with E-state index in [0.717, 1.165) is 5.56 Å². The highest BCUT2D eigenvalue weighted by molar-refractivity contribution is 5.96. The second-order valence-corrected chi connectivity index (χ2v) is 5.51. The number of nitrogens with one attached hydrogen (secondary N) is 1. The maximum Gasteiger partial charge on any atom is 0.245 e. The Morgan fingerprint density at radius 2 is 1.85 bits per heavy atom. The van der Waals surface area contributed by atoms with Gasteiger partial charge in [-0.3, -0.25) is 9.59 Å². The largest absolute Gasteiger partial charge is 0.343 e. The van der Waals surface area contributed by atoms with Crippen molar-refractivity contribution in [3.05, 3.63) is 35.6 Å². The minimum absolute atomic E-state index is 0.0203. The molecule has 1 saturated heterocycles. The van der Waals surface area contributed by atoms with Crippen molar-refractivity contribution in [2.24, 2.45) is 5.92 Å². The van der Waals surface area contributed by atoms with Gasteiger partial charge in [0.25, 0.3) is 0 Å². The van der Waals surface area contributed by atoms with Crippen LogP contribution in [0.1, 0.15) is 26.3 Å². The number of piperazine rings is 1. The molecule has 1 aliphatic rings.